The van der Waals surface area contributed by atoms with Crippen LogP contribution in [0.1, 0.15) is 30.7 Å². The maximum Gasteiger partial charge on any atom is 0.320 e. The molecular formula is C34H32ClN7O2S2. The number of aromatic hydroxyl groups is 1. The number of rotatable bonds is 9. The molecule has 0 aliphatic heterocycles. The van der Waals surface area contributed by atoms with E-state index >= 15 is 0 Å². The van der Waals surface area contributed by atoms with Gasteiger partial charge in [-0.25, -0.2) is 9.48 Å². The Labute approximate surface area is 280 Å². The molecule has 3 aromatic carbocycles. The highest BCUT2D eigenvalue weighted by molar-refractivity contribution is 7.99. The molecule has 0 atom stereocenters. The minimum atomic E-state index is -0.388. The number of phenols is 1. The van der Waals surface area contributed by atoms with Gasteiger partial charge in [0.15, 0.2) is 11.5 Å². The fraction of sp³-hybridized carbons (Fsp3) is 0.176. The van der Waals surface area contributed by atoms with Crippen molar-refractivity contribution in [2.75, 3.05) is 11.6 Å². The normalized spacial score (nSPS) is 11.6. The lowest BCUT2D eigenvalue weighted by Gasteiger charge is -2.18. The smallest absolute Gasteiger partial charge is 0.320 e. The maximum absolute atomic E-state index is 13.2. The van der Waals surface area contributed by atoms with Crippen molar-refractivity contribution in [2.24, 2.45) is 0 Å². The molecule has 9 nitrogen and oxygen atoms in total. The van der Waals surface area contributed by atoms with Crippen molar-refractivity contribution >= 4 is 52.6 Å². The van der Waals surface area contributed by atoms with Crippen molar-refractivity contribution in [3.8, 4) is 22.8 Å². The Morgan fingerprint density at radius 1 is 1.00 bits per heavy atom. The Morgan fingerprint density at radius 2 is 1.78 bits per heavy atom. The van der Waals surface area contributed by atoms with E-state index in [9.17, 15) is 9.90 Å². The lowest BCUT2D eigenvalue weighted by Crippen LogP contribution is -2.29. The van der Waals surface area contributed by atoms with Crippen molar-refractivity contribution in [2.45, 2.75) is 41.9 Å². The summed E-state index contributed by atoms with van der Waals surface area (Å²) in [7, 11) is 0. The first-order valence-electron chi connectivity index (χ1n) is 14.5. The third kappa shape index (κ3) is 6.57. The zero-order valence-corrected chi connectivity index (χ0v) is 28.0. The Morgan fingerprint density at radius 3 is 2.57 bits per heavy atom. The van der Waals surface area contributed by atoms with Crippen LogP contribution in [-0.4, -0.2) is 41.8 Å². The number of benzene rings is 3. The van der Waals surface area contributed by atoms with Crippen LogP contribution in [0, 0.1) is 6.92 Å². The number of aryl methyl sites for hydroxylation is 1. The van der Waals surface area contributed by atoms with Gasteiger partial charge in [0.2, 0.25) is 0 Å². The van der Waals surface area contributed by atoms with Crippen molar-refractivity contribution < 1.29 is 9.90 Å². The second-order valence-corrected chi connectivity index (χ2v) is 14.1. The number of phenolic OH excluding ortho intramolecular Hbond substituents is 1. The van der Waals surface area contributed by atoms with Gasteiger partial charge in [-0.15, -0.1) is 10.2 Å². The fourth-order valence-corrected chi connectivity index (χ4v) is 6.24. The van der Waals surface area contributed by atoms with Crippen molar-refractivity contribution in [3.05, 3.63) is 113 Å². The SMILES string of the molecule is CSC(C)(C)c1cc(NC(=O)NCc2ccccc2Sc2ccc3nnc(-c4ccccc4C)n3c2)n(-c2ccc(Cl)c(O)c2)n1. The van der Waals surface area contributed by atoms with E-state index in [2.05, 4.69) is 47.7 Å². The molecule has 0 spiro atoms. The molecule has 0 unspecified atom stereocenters. The molecule has 6 aromatic rings. The highest BCUT2D eigenvalue weighted by Gasteiger charge is 2.25. The molecule has 46 heavy (non-hydrogen) atoms. The van der Waals surface area contributed by atoms with Gasteiger partial charge in [0.05, 0.1) is 21.2 Å². The van der Waals surface area contributed by atoms with E-state index in [4.69, 9.17) is 16.7 Å². The van der Waals surface area contributed by atoms with Gasteiger partial charge in [-0.05, 0) is 68.5 Å². The molecule has 0 aliphatic rings. The molecule has 0 bridgehead atoms. The summed E-state index contributed by atoms with van der Waals surface area (Å²) in [5.74, 6) is 1.18. The van der Waals surface area contributed by atoms with Gasteiger partial charge in [-0.3, -0.25) is 9.72 Å². The molecule has 0 saturated carbocycles. The first-order chi connectivity index (χ1) is 22.1. The summed E-state index contributed by atoms with van der Waals surface area (Å²) in [6, 6.07) is 26.4. The number of thioether (sulfide) groups is 1. The number of fused-ring (bicyclic) bond motifs is 1. The molecule has 2 amide bonds. The quantitative estimate of drug-likeness (QED) is 0.142. The third-order valence-electron chi connectivity index (χ3n) is 7.65. The van der Waals surface area contributed by atoms with E-state index in [1.165, 1.54) is 6.07 Å². The number of hydrogen-bond acceptors (Lipinski definition) is 7. The minimum Gasteiger partial charge on any atom is -0.506 e. The van der Waals surface area contributed by atoms with Crippen molar-refractivity contribution in [1.29, 1.82) is 0 Å². The monoisotopic (exact) mass is 669 g/mol. The number of anilines is 1. The zero-order chi connectivity index (χ0) is 32.4. The van der Waals surface area contributed by atoms with Gasteiger partial charge in [0.25, 0.3) is 0 Å². The number of nitrogens with one attached hydrogen (secondary N) is 2. The standard InChI is InChI=1S/C34H32ClN7O2S2/c1-21-9-5-7-11-25(21)32-39-38-30-16-14-24(20-41(30)32)46-28-12-8-6-10-22(28)19-36-33(44)37-31-18-29(34(2,3)45-4)40-42(31)23-13-15-26(35)27(43)17-23/h5-18,20,43H,19H2,1-4H3,(H2,36,37,44). The third-order valence-corrected chi connectivity index (χ3v) is 10.3. The van der Waals surface area contributed by atoms with Crippen LogP contribution in [0.5, 0.6) is 5.75 Å². The second kappa shape index (κ2) is 13.1. The number of hydrogen-bond donors (Lipinski definition) is 3. The number of amides is 2. The summed E-state index contributed by atoms with van der Waals surface area (Å²) in [6.45, 7) is 6.49. The molecule has 0 radical (unpaired) electrons. The number of carbonyl (C=O) groups excluding carboxylic acids is 1. The van der Waals surface area contributed by atoms with Gasteiger partial charge in [-0.2, -0.15) is 16.9 Å². The molecule has 12 heteroatoms. The average molecular weight is 670 g/mol. The van der Waals surface area contributed by atoms with Crippen LogP contribution in [0.15, 0.2) is 101 Å². The molecule has 0 saturated heterocycles. The largest absolute Gasteiger partial charge is 0.506 e. The Hall–Kier alpha value is -4.45. The van der Waals surface area contributed by atoms with Gasteiger partial charge >= 0.3 is 6.03 Å². The zero-order valence-electron chi connectivity index (χ0n) is 25.7. The van der Waals surface area contributed by atoms with Crippen molar-refractivity contribution in [1.82, 2.24) is 29.7 Å². The van der Waals surface area contributed by atoms with Crippen LogP contribution in [0.2, 0.25) is 5.02 Å². The first-order valence-corrected chi connectivity index (χ1v) is 16.9. The Bertz CT molecular complexity index is 2060. The molecule has 6 rings (SSSR count). The van der Waals surface area contributed by atoms with Crippen LogP contribution < -0.4 is 10.6 Å². The Balaban J connectivity index is 1.20. The van der Waals surface area contributed by atoms with E-state index in [0.717, 1.165) is 43.6 Å². The number of carbonyl (C=O) groups is 1. The number of aromatic nitrogens is 5. The average Bonchev–Trinajstić information content (AvgIpc) is 3.67. The van der Waals surface area contributed by atoms with Crippen LogP contribution in [0.25, 0.3) is 22.7 Å². The predicted octanol–water partition coefficient (Wildman–Crippen LogP) is 8.32. The molecule has 0 fully saturated rings. The summed E-state index contributed by atoms with van der Waals surface area (Å²) < 4.78 is 3.30. The van der Waals surface area contributed by atoms with E-state index in [1.807, 2.05) is 77.5 Å². The summed E-state index contributed by atoms with van der Waals surface area (Å²) >= 11 is 9.30. The number of pyridine rings is 1. The molecule has 3 N–H and O–H groups in total. The fourth-order valence-electron chi connectivity index (χ4n) is 4.85. The second-order valence-electron chi connectivity index (χ2n) is 11.1. The van der Waals surface area contributed by atoms with Gasteiger partial charge in [0.1, 0.15) is 11.6 Å². The topological polar surface area (TPSA) is 109 Å². The van der Waals surface area contributed by atoms with Crippen molar-refractivity contribution in [3.63, 3.8) is 0 Å². The minimum absolute atomic E-state index is 0.0697. The highest BCUT2D eigenvalue weighted by atomic mass is 35.5. The van der Waals surface area contributed by atoms with E-state index in [1.54, 1.807) is 40.3 Å². The van der Waals surface area contributed by atoms with Gasteiger partial charge in [-0.1, -0.05) is 65.8 Å². The molecule has 3 heterocycles. The summed E-state index contributed by atoms with van der Waals surface area (Å²) in [5.41, 5.74) is 5.24. The van der Waals surface area contributed by atoms with Crippen LogP contribution in [0.4, 0.5) is 10.6 Å². The highest BCUT2D eigenvalue weighted by Crippen LogP contribution is 2.36. The van der Waals surface area contributed by atoms with Crippen LogP contribution >= 0.6 is 35.1 Å². The molecule has 234 valence electrons. The van der Waals surface area contributed by atoms with Gasteiger partial charge in [0, 0.05) is 40.2 Å². The first kappa shape index (κ1) is 31.5. The maximum atomic E-state index is 13.2. The predicted molar refractivity (Wildman–Crippen MR) is 186 cm³/mol. The number of urea groups is 1. The lowest BCUT2D eigenvalue weighted by molar-refractivity contribution is 0.251. The van der Waals surface area contributed by atoms with Crippen LogP contribution in [0.3, 0.4) is 0 Å². The van der Waals surface area contributed by atoms with E-state index < -0.39 is 0 Å². The van der Waals surface area contributed by atoms with E-state index in [-0.39, 0.29) is 21.6 Å². The van der Waals surface area contributed by atoms with E-state index in [0.29, 0.717) is 18.1 Å². The van der Waals surface area contributed by atoms with Crippen LogP contribution in [-0.2, 0) is 11.3 Å². The molecular weight excluding hydrogens is 638 g/mol. The molecule has 3 aromatic heterocycles. The van der Waals surface area contributed by atoms with Gasteiger partial charge < -0.3 is 10.4 Å². The molecule has 0 aliphatic carbocycles. The number of nitrogens with zero attached hydrogens (tertiary/aromatic N) is 5. The Kier molecular flexibility index (Phi) is 8.99. The summed E-state index contributed by atoms with van der Waals surface area (Å²) in [5, 5.41) is 30.0. The number of halogens is 1. The lowest BCUT2D eigenvalue weighted by atomic mass is 10.1. The summed E-state index contributed by atoms with van der Waals surface area (Å²) in [6.07, 6.45) is 4.05. The summed E-state index contributed by atoms with van der Waals surface area (Å²) in [4.78, 5) is 15.3.